The molecule has 0 aliphatic heterocycles. The predicted octanol–water partition coefficient (Wildman–Crippen LogP) is 4.51. The number of halogens is 2. The van der Waals surface area contributed by atoms with Crippen molar-refractivity contribution in [3.63, 3.8) is 0 Å². The molecule has 1 N–H and O–H groups in total. The van der Waals surface area contributed by atoms with Crippen molar-refractivity contribution >= 4 is 28.5 Å². The average Bonchev–Trinajstić information content (AvgIpc) is 2.88. The minimum absolute atomic E-state index is 0.271. The quantitative estimate of drug-likeness (QED) is 0.764. The summed E-state index contributed by atoms with van der Waals surface area (Å²) in [6.07, 6.45) is 0.617. The van der Waals surface area contributed by atoms with Crippen LogP contribution in [0.5, 0.6) is 0 Å². The van der Waals surface area contributed by atoms with E-state index >= 15 is 0 Å². The average molecular weight is 332 g/mol. The highest BCUT2D eigenvalue weighted by atomic mass is 35.5. The zero-order valence-electron chi connectivity index (χ0n) is 12.5. The van der Waals surface area contributed by atoms with E-state index in [1.54, 1.807) is 18.2 Å². The van der Waals surface area contributed by atoms with Crippen molar-refractivity contribution in [2.45, 2.75) is 13.3 Å². The van der Waals surface area contributed by atoms with Gasteiger partial charge in [0.15, 0.2) is 11.3 Å². The molecule has 0 aliphatic rings. The molecule has 3 rings (SSSR count). The topological polar surface area (TPSA) is 42.2 Å². The van der Waals surface area contributed by atoms with Crippen LogP contribution in [0.1, 0.15) is 21.7 Å². The third-order valence-corrected chi connectivity index (χ3v) is 4.03. The van der Waals surface area contributed by atoms with Gasteiger partial charge < -0.3 is 9.73 Å². The molecule has 0 saturated heterocycles. The van der Waals surface area contributed by atoms with Crippen LogP contribution in [-0.4, -0.2) is 12.5 Å². The van der Waals surface area contributed by atoms with Gasteiger partial charge in [0.1, 0.15) is 5.82 Å². The second kappa shape index (κ2) is 6.42. The van der Waals surface area contributed by atoms with Crippen LogP contribution >= 0.6 is 11.6 Å². The van der Waals surface area contributed by atoms with Crippen LogP contribution in [0, 0.1) is 12.7 Å². The van der Waals surface area contributed by atoms with Crippen LogP contribution in [-0.2, 0) is 6.42 Å². The van der Waals surface area contributed by atoms with Crippen molar-refractivity contribution in [3.8, 4) is 0 Å². The molecule has 1 amide bonds. The van der Waals surface area contributed by atoms with Crippen LogP contribution in [0.2, 0.25) is 5.02 Å². The summed E-state index contributed by atoms with van der Waals surface area (Å²) in [5, 5.41) is 4.13. The second-order valence-electron chi connectivity index (χ2n) is 5.31. The van der Waals surface area contributed by atoms with Gasteiger partial charge in [-0.2, -0.15) is 0 Å². The second-order valence-corrected chi connectivity index (χ2v) is 5.71. The number of furan rings is 1. The maximum Gasteiger partial charge on any atom is 0.287 e. The monoisotopic (exact) mass is 331 g/mol. The standard InChI is InChI=1S/C18H15ClFNO2/c1-11-14-3-2-4-15(19)17(14)23-16(11)18(22)21-10-9-12-5-7-13(20)8-6-12/h2-8H,9-10H2,1H3,(H,21,22). The molecule has 0 saturated carbocycles. The molecule has 0 radical (unpaired) electrons. The Labute approximate surface area is 138 Å². The van der Waals surface area contributed by atoms with Crippen molar-refractivity contribution in [1.82, 2.24) is 5.32 Å². The minimum Gasteiger partial charge on any atom is -0.449 e. The summed E-state index contributed by atoms with van der Waals surface area (Å²) in [4.78, 5) is 12.3. The molecule has 0 spiro atoms. The van der Waals surface area contributed by atoms with E-state index in [0.717, 1.165) is 16.5 Å². The molecule has 23 heavy (non-hydrogen) atoms. The Balaban J connectivity index is 1.70. The minimum atomic E-state index is -0.281. The largest absolute Gasteiger partial charge is 0.449 e. The molecule has 118 valence electrons. The third kappa shape index (κ3) is 3.22. The lowest BCUT2D eigenvalue weighted by molar-refractivity contribution is 0.0928. The highest BCUT2D eigenvalue weighted by Gasteiger charge is 2.18. The first kappa shape index (κ1) is 15.6. The number of amides is 1. The Kier molecular flexibility index (Phi) is 4.35. The fraction of sp³-hybridized carbons (Fsp3) is 0.167. The fourth-order valence-corrected chi connectivity index (χ4v) is 2.69. The lowest BCUT2D eigenvalue weighted by Gasteiger charge is -2.04. The van der Waals surface area contributed by atoms with Crippen molar-refractivity contribution < 1.29 is 13.6 Å². The molecule has 0 fully saturated rings. The number of nitrogens with one attached hydrogen (secondary N) is 1. The van der Waals surface area contributed by atoms with Crippen molar-refractivity contribution in [3.05, 3.63) is 70.2 Å². The van der Waals surface area contributed by atoms with Gasteiger partial charge in [0, 0.05) is 17.5 Å². The number of aryl methyl sites for hydroxylation is 1. The van der Waals surface area contributed by atoms with E-state index in [0.29, 0.717) is 23.6 Å². The first-order valence-electron chi connectivity index (χ1n) is 7.26. The highest BCUT2D eigenvalue weighted by Crippen LogP contribution is 2.30. The van der Waals surface area contributed by atoms with Crippen molar-refractivity contribution in [2.24, 2.45) is 0 Å². The molecule has 1 heterocycles. The van der Waals surface area contributed by atoms with Crippen LogP contribution < -0.4 is 5.32 Å². The third-order valence-electron chi connectivity index (χ3n) is 3.73. The van der Waals surface area contributed by atoms with E-state index < -0.39 is 0 Å². The molecule has 3 aromatic rings. The van der Waals surface area contributed by atoms with Crippen molar-refractivity contribution in [1.29, 1.82) is 0 Å². The number of benzene rings is 2. The predicted molar refractivity (Wildman–Crippen MR) is 88.4 cm³/mol. The van der Waals surface area contributed by atoms with Gasteiger partial charge in [0.25, 0.3) is 5.91 Å². The summed E-state index contributed by atoms with van der Waals surface area (Å²) < 4.78 is 18.5. The summed E-state index contributed by atoms with van der Waals surface area (Å²) >= 11 is 6.09. The molecule has 5 heteroatoms. The Morgan fingerprint density at radius 3 is 2.65 bits per heavy atom. The number of hydrogen-bond acceptors (Lipinski definition) is 2. The first-order valence-corrected chi connectivity index (χ1v) is 7.64. The van der Waals surface area contributed by atoms with Gasteiger partial charge >= 0.3 is 0 Å². The van der Waals surface area contributed by atoms with Gasteiger partial charge in [-0.1, -0.05) is 35.9 Å². The maximum absolute atomic E-state index is 12.8. The van der Waals surface area contributed by atoms with E-state index in [1.165, 1.54) is 12.1 Å². The molecular formula is C18H15ClFNO2. The normalized spacial score (nSPS) is 10.9. The van der Waals surface area contributed by atoms with Gasteiger partial charge in [-0.15, -0.1) is 0 Å². The zero-order valence-corrected chi connectivity index (χ0v) is 13.3. The SMILES string of the molecule is Cc1c(C(=O)NCCc2ccc(F)cc2)oc2c(Cl)cccc12. The Hall–Kier alpha value is -2.33. The molecule has 0 aliphatic carbocycles. The number of carbonyl (C=O) groups is 1. The van der Waals surface area contributed by atoms with Crippen LogP contribution in [0.4, 0.5) is 4.39 Å². The van der Waals surface area contributed by atoms with E-state index in [4.69, 9.17) is 16.0 Å². The lowest BCUT2D eigenvalue weighted by Crippen LogP contribution is -2.25. The summed E-state index contributed by atoms with van der Waals surface area (Å²) in [5.74, 6) is -0.281. The molecule has 3 nitrogen and oxygen atoms in total. The van der Waals surface area contributed by atoms with Gasteiger partial charge in [-0.25, -0.2) is 4.39 Å². The summed E-state index contributed by atoms with van der Waals surface area (Å²) in [7, 11) is 0. The number of carbonyl (C=O) groups excluding carboxylic acids is 1. The molecule has 0 unspecified atom stereocenters. The summed E-state index contributed by atoms with van der Waals surface area (Å²) in [6.45, 7) is 2.27. The number of para-hydroxylation sites is 1. The van der Waals surface area contributed by atoms with E-state index in [1.807, 2.05) is 19.1 Å². The van der Waals surface area contributed by atoms with Crippen LogP contribution in [0.3, 0.4) is 0 Å². The number of rotatable bonds is 4. The molecule has 0 atom stereocenters. The van der Waals surface area contributed by atoms with Gasteiger partial charge in [-0.3, -0.25) is 4.79 Å². The lowest BCUT2D eigenvalue weighted by atomic mass is 10.1. The first-order chi connectivity index (χ1) is 11.1. The summed E-state index contributed by atoms with van der Waals surface area (Å²) in [5.41, 5.74) is 2.24. The summed E-state index contributed by atoms with van der Waals surface area (Å²) in [6, 6.07) is 11.6. The Morgan fingerprint density at radius 1 is 1.22 bits per heavy atom. The number of fused-ring (bicyclic) bond motifs is 1. The van der Waals surface area contributed by atoms with Gasteiger partial charge in [0.05, 0.1) is 5.02 Å². The molecule has 1 aromatic heterocycles. The molecular weight excluding hydrogens is 317 g/mol. The molecule has 2 aromatic carbocycles. The number of hydrogen-bond donors (Lipinski definition) is 1. The van der Waals surface area contributed by atoms with E-state index in [9.17, 15) is 9.18 Å². The van der Waals surface area contributed by atoms with Gasteiger partial charge in [0.2, 0.25) is 0 Å². The Morgan fingerprint density at radius 2 is 1.96 bits per heavy atom. The fourth-order valence-electron chi connectivity index (χ4n) is 2.48. The smallest absolute Gasteiger partial charge is 0.287 e. The Bertz CT molecular complexity index is 855. The highest BCUT2D eigenvalue weighted by molar-refractivity contribution is 6.35. The van der Waals surface area contributed by atoms with Crippen LogP contribution in [0.15, 0.2) is 46.9 Å². The zero-order chi connectivity index (χ0) is 16.4. The van der Waals surface area contributed by atoms with Gasteiger partial charge in [-0.05, 0) is 37.1 Å². The maximum atomic E-state index is 12.8. The van der Waals surface area contributed by atoms with E-state index in [2.05, 4.69) is 5.32 Å². The van der Waals surface area contributed by atoms with E-state index in [-0.39, 0.29) is 17.5 Å². The van der Waals surface area contributed by atoms with Crippen LogP contribution in [0.25, 0.3) is 11.0 Å². The molecule has 0 bridgehead atoms. The van der Waals surface area contributed by atoms with Crippen molar-refractivity contribution in [2.75, 3.05) is 6.54 Å².